The van der Waals surface area contributed by atoms with Gasteiger partial charge in [0.15, 0.2) is 6.54 Å². The summed E-state index contributed by atoms with van der Waals surface area (Å²) in [6.45, 7) is 4.08. The van der Waals surface area contributed by atoms with Crippen LogP contribution in [0.15, 0.2) is 29.5 Å². The van der Waals surface area contributed by atoms with Crippen LogP contribution in [0.25, 0.3) is 0 Å². The van der Waals surface area contributed by atoms with Crippen molar-refractivity contribution in [1.82, 2.24) is 0 Å². The van der Waals surface area contributed by atoms with Crippen molar-refractivity contribution in [1.29, 1.82) is 0 Å². The molecule has 0 amide bonds. The predicted molar refractivity (Wildman–Crippen MR) is 127 cm³/mol. The molecule has 172 valence electrons. The molecule has 0 spiro atoms. The molecule has 3 N–H and O–H groups in total. The summed E-state index contributed by atoms with van der Waals surface area (Å²) in [5.41, 5.74) is 6.11. The number of hydrogen-bond acceptors (Lipinski definition) is 3. The second kappa shape index (κ2) is 16.3. The first kappa shape index (κ1) is 26.6. The summed E-state index contributed by atoms with van der Waals surface area (Å²) >= 11 is 0. The average molecular weight is 421 g/mol. The molecule has 0 bridgehead atoms. The van der Waals surface area contributed by atoms with E-state index in [1.54, 1.807) is 6.20 Å². The van der Waals surface area contributed by atoms with E-state index in [2.05, 4.69) is 24.1 Å². The second-order valence-corrected chi connectivity index (χ2v) is 8.75. The minimum absolute atomic E-state index is 0.0257. The number of rotatable bonds is 19. The zero-order valence-electron chi connectivity index (χ0n) is 19.5. The molecule has 5 nitrogen and oxygen atoms in total. The van der Waals surface area contributed by atoms with E-state index in [-0.39, 0.29) is 17.2 Å². The lowest BCUT2D eigenvalue weighted by molar-refractivity contribution is -0.805. The Balaban J connectivity index is 2.00. The Kier molecular flexibility index (Phi) is 14.4. The summed E-state index contributed by atoms with van der Waals surface area (Å²) in [6, 6.07) is 0. The third-order valence-electron chi connectivity index (χ3n) is 6.07. The maximum Gasteiger partial charge on any atom is 0.360 e. The van der Waals surface area contributed by atoms with Crippen molar-refractivity contribution in [2.24, 2.45) is 10.7 Å². The van der Waals surface area contributed by atoms with Gasteiger partial charge in [-0.25, -0.2) is 14.3 Å². The van der Waals surface area contributed by atoms with Crippen LogP contribution in [0.5, 0.6) is 0 Å². The van der Waals surface area contributed by atoms with Crippen LogP contribution < -0.4 is 5.73 Å². The van der Waals surface area contributed by atoms with Crippen LogP contribution in [0.4, 0.5) is 0 Å². The number of aliphatic carboxylic acids is 1. The van der Waals surface area contributed by atoms with Gasteiger partial charge in [-0.15, -0.1) is 0 Å². The summed E-state index contributed by atoms with van der Waals surface area (Å²) in [6.07, 6.45) is 26.8. The fraction of sp³-hybridized carbons (Fsp3) is 0.760. The van der Waals surface area contributed by atoms with E-state index in [0.717, 1.165) is 18.7 Å². The van der Waals surface area contributed by atoms with E-state index in [4.69, 9.17) is 5.73 Å². The van der Waals surface area contributed by atoms with Crippen LogP contribution in [0.2, 0.25) is 0 Å². The van der Waals surface area contributed by atoms with Gasteiger partial charge in [-0.2, -0.15) is 0 Å². The van der Waals surface area contributed by atoms with Gasteiger partial charge < -0.3 is 5.11 Å². The van der Waals surface area contributed by atoms with E-state index < -0.39 is 5.97 Å². The van der Waals surface area contributed by atoms with Crippen molar-refractivity contribution in [2.45, 2.75) is 116 Å². The van der Waals surface area contributed by atoms with E-state index in [9.17, 15) is 9.90 Å². The highest BCUT2D eigenvalue weighted by molar-refractivity contribution is 5.81. The van der Waals surface area contributed by atoms with Crippen molar-refractivity contribution < 1.29 is 14.4 Å². The highest BCUT2D eigenvalue weighted by Crippen LogP contribution is 2.23. The number of amidine groups is 1. The lowest BCUT2D eigenvalue weighted by Crippen LogP contribution is -2.59. The number of unbranched alkanes of at least 4 members (excludes halogenated alkanes) is 12. The SMILES string of the molecule is CCCC/C=C/CCCCCCCCCCCCC1=NC=C[N+]1(CC(=O)O)C(C)N. The van der Waals surface area contributed by atoms with Gasteiger partial charge in [0.2, 0.25) is 5.84 Å². The van der Waals surface area contributed by atoms with Crippen LogP contribution >= 0.6 is 0 Å². The van der Waals surface area contributed by atoms with Crippen molar-refractivity contribution in [3.05, 3.63) is 24.6 Å². The summed E-state index contributed by atoms with van der Waals surface area (Å²) < 4.78 is 0.171. The molecule has 0 aromatic heterocycles. The van der Waals surface area contributed by atoms with E-state index >= 15 is 0 Å². The first-order valence-corrected chi connectivity index (χ1v) is 12.3. The van der Waals surface area contributed by atoms with Crippen LogP contribution in [0.1, 0.15) is 110 Å². The van der Waals surface area contributed by atoms with Gasteiger partial charge in [-0.3, -0.25) is 5.73 Å². The molecule has 0 saturated heterocycles. The molecule has 2 atom stereocenters. The number of hydrogen-bond donors (Lipinski definition) is 2. The van der Waals surface area contributed by atoms with Gasteiger partial charge >= 0.3 is 5.97 Å². The highest BCUT2D eigenvalue weighted by atomic mass is 16.4. The number of carbonyl (C=O) groups is 1. The van der Waals surface area contributed by atoms with Crippen LogP contribution in [0, 0.1) is 0 Å². The topological polar surface area (TPSA) is 75.7 Å². The minimum atomic E-state index is -0.838. The molecular weight excluding hydrogens is 374 g/mol. The number of carboxylic acid groups (broad SMARTS) is 1. The summed E-state index contributed by atoms with van der Waals surface area (Å²) in [4.78, 5) is 15.7. The number of nitrogens with zero attached hydrogens (tertiary/aromatic N) is 2. The Hall–Kier alpha value is -1.46. The number of nitrogens with two attached hydrogens (primary N) is 1. The molecule has 1 heterocycles. The molecule has 2 unspecified atom stereocenters. The van der Waals surface area contributed by atoms with Gasteiger partial charge in [0.05, 0.1) is 6.20 Å². The van der Waals surface area contributed by atoms with Crippen LogP contribution in [-0.2, 0) is 4.79 Å². The number of allylic oxidation sites excluding steroid dienone is 2. The third-order valence-corrected chi connectivity index (χ3v) is 6.07. The molecule has 30 heavy (non-hydrogen) atoms. The molecule has 0 aromatic carbocycles. The van der Waals surface area contributed by atoms with Gasteiger partial charge in [-0.1, -0.05) is 83.3 Å². The van der Waals surface area contributed by atoms with Crippen molar-refractivity contribution in [3.8, 4) is 0 Å². The molecule has 0 fully saturated rings. The Morgan fingerprint density at radius 3 is 2.07 bits per heavy atom. The van der Waals surface area contributed by atoms with Crippen molar-refractivity contribution in [3.63, 3.8) is 0 Å². The number of quaternary nitrogens is 1. The Labute approximate surface area is 184 Å². The van der Waals surface area contributed by atoms with E-state index in [1.165, 1.54) is 83.5 Å². The van der Waals surface area contributed by atoms with E-state index in [1.807, 2.05) is 13.1 Å². The highest BCUT2D eigenvalue weighted by Gasteiger charge is 2.40. The smallest absolute Gasteiger partial charge is 0.360 e. The average Bonchev–Trinajstić information content (AvgIpc) is 3.10. The zero-order valence-corrected chi connectivity index (χ0v) is 19.5. The molecule has 0 radical (unpaired) electrons. The summed E-state index contributed by atoms with van der Waals surface area (Å²) in [5.74, 6) is 0.0580. The molecule has 1 rings (SSSR count). The normalized spacial score (nSPS) is 19.5. The molecule has 1 aliphatic rings. The second-order valence-electron chi connectivity index (χ2n) is 8.75. The van der Waals surface area contributed by atoms with Gasteiger partial charge in [0.1, 0.15) is 12.4 Å². The molecule has 1 aliphatic heterocycles. The monoisotopic (exact) mass is 420 g/mol. The third kappa shape index (κ3) is 10.5. The molecule has 0 aromatic rings. The summed E-state index contributed by atoms with van der Waals surface area (Å²) in [5, 5.41) is 9.26. The summed E-state index contributed by atoms with van der Waals surface area (Å²) in [7, 11) is 0. The zero-order chi connectivity index (χ0) is 22.1. The van der Waals surface area contributed by atoms with Crippen LogP contribution in [-0.4, -0.2) is 34.1 Å². The fourth-order valence-corrected chi connectivity index (χ4v) is 4.10. The standard InChI is InChI=1S/C25H45N3O2/c1-3-4-5-6-7-8-9-10-11-12-13-14-15-16-17-18-19-24-27-20-21-28(24,23(2)26)22-25(29)30/h6-7,20-21,23H,3-5,8-19,22,26H2,1-2H3/p+1/b7-6+. The first-order chi connectivity index (χ1) is 14.5. The largest absolute Gasteiger partial charge is 0.477 e. The Morgan fingerprint density at radius 2 is 1.53 bits per heavy atom. The van der Waals surface area contributed by atoms with E-state index in [0.29, 0.717) is 0 Å². The van der Waals surface area contributed by atoms with Gasteiger partial charge in [-0.05, 0) is 25.7 Å². The van der Waals surface area contributed by atoms with Crippen LogP contribution in [0.3, 0.4) is 0 Å². The number of aliphatic imine (C=N–C) groups is 1. The fourth-order valence-electron chi connectivity index (χ4n) is 4.10. The lowest BCUT2D eigenvalue weighted by Gasteiger charge is -2.34. The van der Waals surface area contributed by atoms with Crippen molar-refractivity contribution >= 4 is 11.8 Å². The van der Waals surface area contributed by atoms with Crippen molar-refractivity contribution in [2.75, 3.05) is 6.54 Å². The maximum atomic E-state index is 11.3. The molecular formula is C25H46N3O2+. The molecule has 0 aliphatic carbocycles. The Morgan fingerprint density at radius 1 is 1.00 bits per heavy atom. The number of carboxylic acids is 1. The quantitative estimate of drug-likeness (QED) is 0.142. The maximum absolute atomic E-state index is 11.3. The molecule has 0 saturated carbocycles. The predicted octanol–water partition coefficient (Wildman–Crippen LogP) is 6.50. The Bertz CT molecular complexity index is 555. The molecule has 5 heteroatoms. The van der Waals surface area contributed by atoms with Gasteiger partial charge in [0, 0.05) is 13.3 Å². The van der Waals surface area contributed by atoms with Gasteiger partial charge in [0.25, 0.3) is 0 Å². The first-order valence-electron chi connectivity index (χ1n) is 12.3. The minimum Gasteiger partial charge on any atom is -0.477 e. The lowest BCUT2D eigenvalue weighted by atomic mass is 10.0.